The Balaban J connectivity index is 1.69. The van der Waals surface area contributed by atoms with E-state index < -0.39 is 27.4 Å². The molecule has 1 heterocycles. The smallest absolute Gasteiger partial charge is 0.275 e. The zero-order valence-corrected chi connectivity index (χ0v) is 27.2. The molecule has 1 fully saturated rings. The Hall–Kier alpha value is -3.04. The summed E-state index contributed by atoms with van der Waals surface area (Å²) in [5.74, 6) is -0.473. The second-order valence-electron chi connectivity index (χ2n) is 14.4. The fourth-order valence-electron chi connectivity index (χ4n) is 6.39. The monoisotopic (exact) mass is 609 g/mol. The summed E-state index contributed by atoms with van der Waals surface area (Å²) in [7, 11) is -4.17. The van der Waals surface area contributed by atoms with Gasteiger partial charge in [0.05, 0.1) is 11.8 Å². The van der Waals surface area contributed by atoms with Gasteiger partial charge in [0.15, 0.2) is 0 Å². The lowest BCUT2D eigenvalue weighted by molar-refractivity contribution is -0.134. The molecule has 1 aliphatic heterocycles. The highest BCUT2D eigenvalue weighted by Crippen LogP contribution is 2.50. The Kier molecular flexibility index (Phi) is 9.57. The van der Waals surface area contributed by atoms with Crippen LogP contribution in [0.15, 0.2) is 59.6 Å². The summed E-state index contributed by atoms with van der Waals surface area (Å²) in [6.45, 7) is 13.3. The normalized spacial score (nSPS) is 22.0. The number of aliphatic imine (C=N–C) groups is 1. The van der Waals surface area contributed by atoms with Crippen molar-refractivity contribution in [1.82, 2.24) is 10.2 Å². The van der Waals surface area contributed by atoms with Gasteiger partial charge in [0.1, 0.15) is 11.4 Å². The van der Waals surface area contributed by atoms with Crippen molar-refractivity contribution >= 4 is 27.6 Å². The first kappa shape index (κ1) is 32.9. The molecular weight excluding hydrogens is 562 g/mol. The van der Waals surface area contributed by atoms with Crippen LogP contribution in [0.1, 0.15) is 108 Å². The lowest BCUT2D eigenvalue weighted by Gasteiger charge is -2.47. The van der Waals surface area contributed by atoms with Crippen molar-refractivity contribution in [3.63, 3.8) is 0 Å². The first-order chi connectivity index (χ1) is 20.0. The van der Waals surface area contributed by atoms with E-state index in [2.05, 4.69) is 51.8 Å². The highest BCUT2D eigenvalue weighted by molar-refractivity contribution is 7.85. The van der Waals surface area contributed by atoms with Gasteiger partial charge >= 0.3 is 0 Å². The SMILES string of the molecule is CC(C)(C)CCC(c1ccc(C(=O)NCCS(=O)(=O)O)cc1)N1C(=O)C(c2ccccc2)=NC12CCC(C(C)(C)C)CC2. The molecule has 0 saturated heterocycles. The van der Waals surface area contributed by atoms with Crippen molar-refractivity contribution in [2.24, 2.45) is 21.7 Å². The molecule has 0 aromatic heterocycles. The van der Waals surface area contributed by atoms with Crippen molar-refractivity contribution in [3.8, 4) is 0 Å². The summed E-state index contributed by atoms with van der Waals surface area (Å²) in [4.78, 5) is 34.4. The maximum Gasteiger partial charge on any atom is 0.275 e. The van der Waals surface area contributed by atoms with Crippen molar-refractivity contribution < 1.29 is 22.6 Å². The van der Waals surface area contributed by atoms with Gasteiger partial charge in [0.2, 0.25) is 0 Å². The van der Waals surface area contributed by atoms with Crippen LogP contribution >= 0.6 is 0 Å². The maximum absolute atomic E-state index is 14.4. The molecule has 0 radical (unpaired) electrons. The molecule has 1 saturated carbocycles. The van der Waals surface area contributed by atoms with Crippen LogP contribution in [-0.2, 0) is 14.9 Å². The largest absolute Gasteiger partial charge is 0.351 e. The highest BCUT2D eigenvalue weighted by Gasteiger charge is 2.52. The second-order valence-corrected chi connectivity index (χ2v) is 16.0. The van der Waals surface area contributed by atoms with Gasteiger partial charge in [-0.1, -0.05) is 84.0 Å². The van der Waals surface area contributed by atoms with E-state index in [4.69, 9.17) is 9.55 Å². The molecule has 2 N–H and O–H groups in total. The summed E-state index contributed by atoms with van der Waals surface area (Å²) >= 11 is 0. The highest BCUT2D eigenvalue weighted by atomic mass is 32.2. The van der Waals surface area contributed by atoms with Crippen LogP contribution in [0.2, 0.25) is 0 Å². The standard InChI is InChI=1S/C34H47N3O5S/c1-32(2,3)19-18-28(24-12-14-26(15-13-24)30(38)35-22-23-43(40,41)42)37-31(39)29(25-10-8-7-9-11-25)36-34(37)20-16-27(17-21-34)33(4,5)6/h7-15,27-28H,16-23H2,1-6H3,(H,35,38)(H,40,41,42). The van der Waals surface area contributed by atoms with E-state index in [-0.39, 0.29) is 29.3 Å². The molecule has 1 aliphatic carbocycles. The first-order valence-electron chi connectivity index (χ1n) is 15.3. The van der Waals surface area contributed by atoms with E-state index in [0.717, 1.165) is 49.7 Å². The number of amides is 2. The Morgan fingerprint density at radius 1 is 1.02 bits per heavy atom. The molecular formula is C34H47N3O5S. The third-order valence-electron chi connectivity index (χ3n) is 8.93. The molecule has 2 aromatic carbocycles. The number of benzene rings is 2. The predicted octanol–water partition coefficient (Wildman–Crippen LogP) is 6.44. The molecule has 2 aromatic rings. The van der Waals surface area contributed by atoms with Crippen LogP contribution in [0.5, 0.6) is 0 Å². The Labute approximate surface area is 257 Å². The van der Waals surface area contributed by atoms with Gasteiger partial charge < -0.3 is 10.2 Å². The molecule has 1 spiro atoms. The van der Waals surface area contributed by atoms with Crippen LogP contribution in [0.3, 0.4) is 0 Å². The van der Waals surface area contributed by atoms with Gasteiger partial charge in [0.25, 0.3) is 21.9 Å². The average molecular weight is 610 g/mol. The van der Waals surface area contributed by atoms with E-state index in [1.54, 1.807) is 12.1 Å². The predicted molar refractivity (Wildman–Crippen MR) is 171 cm³/mol. The Morgan fingerprint density at radius 2 is 1.63 bits per heavy atom. The summed E-state index contributed by atoms with van der Waals surface area (Å²) in [6, 6.07) is 16.7. The number of hydrogen-bond donors (Lipinski definition) is 2. The first-order valence-corrected chi connectivity index (χ1v) is 16.9. The van der Waals surface area contributed by atoms with E-state index in [1.165, 1.54) is 0 Å². The fourth-order valence-corrected chi connectivity index (χ4v) is 6.75. The third-order valence-corrected chi connectivity index (χ3v) is 9.65. The Morgan fingerprint density at radius 3 is 2.16 bits per heavy atom. The number of carbonyl (C=O) groups is 2. The molecule has 1 unspecified atom stereocenters. The number of rotatable bonds is 9. The van der Waals surface area contributed by atoms with Gasteiger partial charge in [-0.25, -0.2) is 0 Å². The number of carbonyl (C=O) groups excluding carboxylic acids is 2. The van der Waals surface area contributed by atoms with E-state index >= 15 is 0 Å². The van der Waals surface area contributed by atoms with Crippen molar-refractivity contribution in [1.29, 1.82) is 0 Å². The Bertz CT molecular complexity index is 1430. The van der Waals surface area contributed by atoms with Gasteiger partial charge in [0, 0.05) is 17.7 Å². The minimum atomic E-state index is -4.17. The minimum absolute atomic E-state index is 0.0497. The molecule has 8 nitrogen and oxygen atoms in total. The topological polar surface area (TPSA) is 116 Å². The zero-order chi connectivity index (χ0) is 31.6. The molecule has 2 amide bonds. The summed E-state index contributed by atoms with van der Waals surface area (Å²) in [6.07, 6.45) is 5.23. The molecule has 43 heavy (non-hydrogen) atoms. The summed E-state index contributed by atoms with van der Waals surface area (Å²) in [5.41, 5.74) is 2.28. The van der Waals surface area contributed by atoms with Crippen LogP contribution < -0.4 is 5.32 Å². The van der Waals surface area contributed by atoms with Crippen LogP contribution in [0.25, 0.3) is 0 Å². The van der Waals surface area contributed by atoms with Crippen molar-refractivity contribution in [2.45, 2.75) is 91.8 Å². The summed E-state index contributed by atoms with van der Waals surface area (Å²) < 4.78 is 31.0. The van der Waals surface area contributed by atoms with Crippen LogP contribution in [0, 0.1) is 16.7 Å². The zero-order valence-electron chi connectivity index (χ0n) is 26.4. The molecule has 2 aliphatic rings. The second kappa shape index (κ2) is 12.5. The van der Waals surface area contributed by atoms with Gasteiger partial charge in [-0.05, 0) is 73.0 Å². The molecule has 1 atom stereocenters. The van der Waals surface area contributed by atoms with Crippen LogP contribution in [-0.4, -0.2) is 53.4 Å². The van der Waals surface area contributed by atoms with Crippen LogP contribution in [0.4, 0.5) is 0 Å². The van der Waals surface area contributed by atoms with Gasteiger partial charge in [-0.2, -0.15) is 8.42 Å². The summed E-state index contributed by atoms with van der Waals surface area (Å²) in [5, 5.41) is 2.54. The lowest BCUT2D eigenvalue weighted by Crippen LogP contribution is -2.51. The van der Waals surface area contributed by atoms with Crippen molar-refractivity contribution in [2.75, 3.05) is 12.3 Å². The maximum atomic E-state index is 14.4. The third kappa shape index (κ3) is 8.12. The van der Waals surface area contributed by atoms with Crippen molar-refractivity contribution in [3.05, 3.63) is 71.3 Å². The average Bonchev–Trinajstić information content (AvgIpc) is 3.19. The minimum Gasteiger partial charge on any atom is -0.351 e. The van der Waals surface area contributed by atoms with Gasteiger partial charge in [-0.3, -0.25) is 19.1 Å². The van der Waals surface area contributed by atoms with Gasteiger partial charge in [-0.15, -0.1) is 0 Å². The fraction of sp³-hybridized carbons (Fsp3) is 0.559. The number of nitrogens with zero attached hydrogens (tertiary/aromatic N) is 2. The number of hydrogen-bond acceptors (Lipinski definition) is 5. The molecule has 9 heteroatoms. The lowest BCUT2D eigenvalue weighted by atomic mass is 9.69. The number of nitrogens with one attached hydrogen (secondary N) is 1. The molecule has 0 bridgehead atoms. The molecule has 234 valence electrons. The van der Waals surface area contributed by atoms with E-state index in [9.17, 15) is 18.0 Å². The molecule has 4 rings (SSSR count). The quantitative estimate of drug-likeness (QED) is 0.318. The van der Waals surface area contributed by atoms with E-state index in [0.29, 0.717) is 17.2 Å². The van der Waals surface area contributed by atoms with E-state index in [1.807, 2.05) is 42.5 Å².